The number of esters is 2. The number of phenols is 6. The van der Waals surface area contributed by atoms with E-state index in [4.69, 9.17) is 14.2 Å². The van der Waals surface area contributed by atoms with Crippen molar-refractivity contribution >= 4 is 11.9 Å². The van der Waals surface area contributed by atoms with Crippen molar-refractivity contribution in [1.82, 2.24) is 0 Å². The van der Waals surface area contributed by atoms with E-state index in [2.05, 4.69) is 0 Å². The summed E-state index contributed by atoms with van der Waals surface area (Å²) in [6.07, 6.45) is -7.66. The maximum absolute atomic E-state index is 12.1. The molecule has 0 amide bonds. The van der Waals surface area contributed by atoms with Crippen LogP contribution in [-0.4, -0.2) is 106 Å². The molecular weight excluding hydrogens is 492 g/mol. The number of benzene rings is 2. The summed E-state index contributed by atoms with van der Waals surface area (Å²) in [5, 5.41) is 97.6. The van der Waals surface area contributed by atoms with Gasteiger partial charge in [-0.05, 0) is 24.3 Å². The predicted molar refractivity (Wildman–Crippen MR) is 111 cm³/mol. The van der Waals surface area contributed by atoms with Crippen molar-refractivity contribution in [3.05, 3.63) is 35.4 Å². The highest BCUT2D eigenvalue weighted by molar-refractivity contribution is 5.91. The quantitative estimate of drug-likeness (QED) is 0.143. The van der Waals surface area contributed by atoms with Crippen LogP contribution in [0.25, 0.3) is 0 Å². The van der Waals surface area contributed by atoms with Gasteiger partial charge >= 0.3 is 11.9 Å². The molecule has 10 N–H and O–H groups in total. The minimum Gasteiger partial charge on any atom is -0.504 e. The summed E-state index contributed by atoms with van der Waals surface area (Å²) in [5.74, 6) is -10.2. The van der Waals surface area contributed by atoms with Gasteiger partial charge in [0.1, 0.15) is 37.6 Å². The van der Waals surface area contributed by atoms with Crippen LogP contribution in [0, 0.1) is 0 Å². The number of aromatic hydroxyl groups is 6. The molecule has 0 aliphatic carbocycles. The lowest BCUT2D eigenvalue weighted by molar-refractivity contribution is -0.254. The largest absolute Gasteiger partial charge is 0.504 e. The first kappa shape index (κ1) is 26.6. The summed E-state index contributed by atoms with van der Waals surface area (Å²) in [6, 6.07) is 3.04. The van der Waals surface area contributed by atoms with E-state index < -0.39 is 101 Å². The van der Waals surface area contributed by atoms with Gasteiger partial charge < -0.3 is 65.3 Å². The van der Waals surface area contributed by atoms with Crippen LogP contribution in [0.3, 0.4) is 0 Å². The first-order chi connectivity index (χ1) is 16.7. The van der Waals surface area contributed by atoms with E-state index in [1.165, 1.54) is 0 Å². The minimum absolute atomic E-state index is 0.405. The summed E-state index contributed by atoms with van der Waals surface area (Å²) in [4.78, 5) is 24.2. The molecule has 1 aliphatic rings. The zero-order valence-electron chi connectivity index (χ0n) is 18.0. The fourth-order valence-corrected chi connectivity index (χ4v) is 3.28. The normalized spacial score (nSPS) is 24.3. The number of hydrogen-bond acceptors (Lipinski definition) is 15. The Morgan fingerprint density at radius 2 is 1.25 bits per heavy atom. The second-order valence-electron chi connectivity index (χ2n) is 7.83. The van der Waals surface area contributed by atoms with Gasteiger partial charge in [-0.3, -0.25) is 0 Å². The van der Waals surface area contributed by atoms with Crippen LogP contribution >= 0.6 is 0 Å². The van der Waals surface area contributed by atoms with Crippen molar-refractivity contribution in [2.45, 2.75) is 30.2 Å². The number of carbonyl (C=O) groups excluding carboxylic acids is 2. The number of hydrogen-bond donors (Lipinski definition) is 10. The Hall–Kier alpha value is -4.02. The van der Waals surface area contributed by atoms with Crippen molar-refractivity contribution in [2.24, 2.45) is 0 Å². The number of carbonyl (C=O) groups is 2. The summed E-state index contributed by atoms with van der Waals surface area (Å²) < 4.78 is 14.6. The summed E-state index contributed by atoms with van der Waals surface area (Å²) in [6.45, 7) is -1.96. The van der Waals surface area contributed by atoms with Crippen LogP contribution < -0.4 is 0 Å². The molecule has 196 valence electrons. The molecule has 3 rings (SSSR count). The van der Waals surface area contributed by atoms with Gasteiger partial charge in [0.05, 0.1) is 11.1 Å². The number of aliphatic hydroxyl groups excluding tert-OH is 3. The SMILES string of the molecule is O=C(OC[C@@H](O)[C@H]1O[C@](O)(COC(=O)c2cc(O)c(O)c(O)c2)[C@@H](O)[C@@H]1O)c1cc(O)c(O)c(O)c1. The third-order valence-corrected chi connectivity index (χ3v) is 5.25. The molecule has 1 heterocycles. The lowest BCUT2D eigenvalue weighted by atomic mass is 10.0. The highest BCUT2D eigenvalue weighted by Crippen LogP contribution is 2.37. The van der Waals surface area contributed by atoms with Crippen LogP contribution in [-0.2, 0) is 14.2 Å². The van der Waals surface area contributed by atoms with Gasteiger partial charge in [-0.25, -0.2) is 9.59 Å². The number of ether oxygens (including phenoxy) is 3. The third kappa shape index (κ3) is 5.14. The fourth-order valence-electron chi connectivity index (χ4n) is 3.28. The van der Waals surface area contributed by atoms with E-state index in [1.807, 2.05) is 0 Å². The molecule has 0 aromatic heterocycles. The lowest BCUT2D eigenvalue weighted by Gasteiger charge is -2.26. The maximum atomic E-state index is 12.1. The van der Waals surface area contributed by atoms with Crippen molar-refractivity contribution < 1.29 is 74.9 Å². The van der Waals surface area contributed by atoms with E-state index in [-0.39, 0.29) is 0 Å². The molecule has 15 nitrogen and oxygen atoms in total. The minimum atomic E-state index is -2.74. The molecule has 1 saturated heterocycles. The first-order valence-corrected chi connectivity index (χ1v) is 10.0. The summed E-state index contributed by atoms with van der Waals surface area (Å²) in [7, 11) is 0. The van der Waals surface area contributed by atoms with Gasteiger partial charge in [-0.15, -0.1) is 0 Å². The van der Waals surface area contributed by atoms with Gasteiger partial charge in [0.15, 0.2) is 34.5 Å². The third-order valence-electron chi connectivity index (χ3n) is 5.25. The van der Waals surface area contributed by atoms with Gasteiger partial charge in [-0.1, -0.05) is 0 Å². The maximum Gasteiger partial charge on any atom is 0.338 e. The lowest BCUT2D eigenvalue weighted by Crippen LogP contribution is -2.47. The van der Waals surface area contributed by atoms with Gasteiger partial charge in [0.2, 0.25) is 5.79 Å². The van der Waals surface area contributed by atoms with E-state index >= 15 is 0 Å². The van der Waals surface area contributed by atoms with Crippen LogP contribution in [0.4, 0.5) is 0 Å². The van der Waals surface area contributed by atoms with Crippen molar-refractivity contribution in [1.29, 1.82) is 0 Å². The zero-order chi connectivity index (χ0) is 26.9. The Balaban J connectivity index is 1.61. The number of aliphatic hydroxyl groups is 4. The van der Waals surface area contributed by atoms with Crippen molar-refractivity contribution in [3.63, 3.8) is 0 Å². The molecule has 15 heteroatoms. The van der Waals surface area contributed by atoms with Crippen LogP contribution in [0.2, 0.25) is 0 Å². The molecule has 0 unspecified atom stereocenters. The molecule has 0 radical (unpaired) electrons. The average Bonchev–Trinajstić information content (AvgIpc) is 3.06. The van der Waals surface area contributed by atoms with E-state index in [0.29, 0.717) is 0 Å². The molecule has 0 saturated carbocycles. The Kier molecular flexibility index (Phi) is 7.33. The predicted octanol–water partition coefficient (Wildman–Crippen LogP) is -1.90. The van der Waals surface area contributed by atoms with Gasteiger partial charge in [0, 0.05) is 0 Å². The molecule has 2 aromatic rings. The van der Waals surface area contributed by atoms with E-state index in [9.17, 15) is 60.7 Å². The Morgan fingerprint density at radius 1 is 0.833 bits per heavy atom. The highest BCUT2D eigenvalue weighted by atomic mass is 16.7. The average molecular weight is 514 g/mol. The molecule has 1 aliphatic heterocycles. The van der Waals surface area contributed by atoms with Crippen molar-refractivity contribution in [2.75, 3.05) is 13.2 Å². The second kappa shape index (κ2) is 9.92. The Morgan fingerprint density at radius 3 is 1.69 bits per heavy atom. The molecule has 0 spiro atoms. The standard InChI is InChI=1S/C21H22O15/c22-9-1-7(2-10(23)14(9)27)19(31)34-5-13(26)17-16(29)18(30)21(33,36-17)6-35-20(32)8-3-11(24)15(28)12(25)4-8/h1-4,13,16-18,22-30,33H,5-6H2/t13-,16-,17-,18+,21-/m1/s1. The number of phenolic OH excluding ortho intramolecular Hbond substituents is 6. The molecule has 1 fully saturated rings. The summed E-state index contributed by atoms with van der Waals surface area (Å²) in [5.41, 5.74) is -0.855. The van der Waals surface area contributed by atoms with Crippen LogP contribution in [0.5, 0.6) is 34.5 Å². The summed E-state index contributed by atoms with van der Waals surface area (Å²) >= 11 is 0. The Labute approximate surface area is 200 Å². The molecule has 2 aromatic carbocycles. The van der Waals surface area contributed by atoms with E-state index in [1.54, 1.807) is 0 Å². The fraction of sp³-hybridized carbons (Fsp3) is 0.333. The van der Waals surface area contributed by atoms with E-state index in [0.717, 1.165) is 24.3 Å². The monoisotopic (exact) mass is 514 g/mol. The Bertz CT molecular complexity index is 1120. The number of rotatable bonds is 7. The molecule has 0 bridgehead atoms. The zero-order valence-corrected chi connectivity index (χ0v) is 18.0. The first-order valence-electron chi connectivity index (χ1n) is 10.0. The topological polar surface area (TPSA) is 264 Å². The van der Waals surface area contributed by atoms with Crippen molar-refractivity contribution in [3.8, 4) is 34.5 Å². The molecular formula is C21H22O15. The second-order valence-corrected chi connectivity index (χ2v) is 7.83. The highest BCUT2D eigenvalue weighted by Gasteiger charge is 2.56. The van der Waals surface area contributed by atoms with Crippen LogP contribution in [0.15, 0.2) is 24.3 Å². The molecule has 5 atom stereocenters. The van der Waals surface area contributed by atoms with Gasteiger partial charge in [-0.2, -0.15) is 0 Å². The van der Waals surface area contributed by atoms with Gasteiger partial charge in [0.25, 0.3) is 0 Å². The van der Waals surface area contributed by atoms with Crippen LogP contribution in [0.1, 0.15) is 20.7 Å². The molecule has 36 heavy (non-hydrogen) atoms. The smallest absolute Gasteiger partial charge is 0.338 e.